The molecule has 0 saturated heterocycles. The number of hydrogen-bond donors (Lipinski definition) is 1. The lowest BCUT2D eigenvalue weighted by molar-refractivity contribution is 0.589. The molecule has 106 valence electrons. The Bertz CT molecular complexity index is 613. The van der Waals surface area contributed by atoms with Crippen molar-refractivity contribution in [2.45, 2.75) is 19.4 Å². The van der Waals surface area contributed by atoms with Gasteiger partial charge in [0.15, 0.2) is 0 Å². The van der Waals surface area contributed by atoms with Gasteiger partial charge in [0.25, 0.3) is 0 Å². The molecular formula is C16H16BrCl2N. The van der Waals surface area contributed by atoms with Crippen molar-refractivity contribution >= 4 is 39.1 Å². The van der Waals surface area contributed by atoms with Crippen molar-refractivity contribution in [3.63, 3.8) is 0 Å². The Labute approximate surface area is 138 Å². The second-order valence-corrected chi connectivity index (χ2v) is 6.46. The Morgan fingerprint density at radius 1 is 1.20 bits per heavy atom. The molecule has 0 bridgehead atoms. The van der Waals surface area contributed by atoms with Crippen molar-refractivity contribution in [3.8, 4) is 0 Å². The normalized spacial score (nSPS) is 12.4. The summed E-state index contributed by atoms with van der Waals surface area (Å²) in [6, 6.07) is 12.3. The summed E-state index contributed by atoms with van der Waals surface area (Å²) in [6.07, 6.45) is 0.804. The molecule has 0 heterocycles. The van der Waals surface area contributed by atoms with E-state index in [1.807, 2.05) is 25.2 Å². The summed E-state index contributed by atoms with van der Waals surface area (Å²) >= 11 is 15.9. The smallest absolute Gasteiger partial charge is 0.0624 e. The van der Waals surface area contributed by atoms with Crippen LogP contribution >= 0.6 is 39.1 Å². The molecular weight excluding hydrogens is 357 g/mol. The van der Waals surface area contributed by atoms with E-state index in [-0.39, 0.29) is 6.04 Å². The topological polar surface area (TPSA) is 12.0 Å². The molecule has 4 heteroatoms. The van der Waals surface area contributed by atoms with Crippen LogP contribution in [0.5, 0.6) is 0 Å². The molecule has 0 aromatic heterocycles. The first kappa shape index (κ1) is 15.8. The van der Waals surface area contributed by atoms with Gasteiger partial charge in [0.2, 0.25) is 0 Å². The maximum Gasteiger partial charge on any atom is 0.0624 e. The van der Waals surface area contributed by atoms with Gasteiger partial charge < -0.3 is 5.32 Å². The lowest BCUT2D eigenvalue weighted by Crippen LogP contribution is -2.20. The van der Waals surface area contributed by atoms with E-state index in [1.54, 1.807) is 0 Å². The van der Waals surface area contributed by atoms with Crippen molar-refractivity contribution in [2.75, 3.05) is 7.05 Å². The van der Waals surface area contributed by atoms with Crippen LogP contribution < -0.4 is 5.32 Å². The van der Waals surface area contributed by atoms with Crippen LogP contribution in [0.2, 0.25) is 10.0 Å². The summed E-state index contributed by atoms with van der Waals surface area (Å²) in [5.74, 6) is 0. The minimum atomic E-state index is 0.207. The van der Waals surface area contributed by atoms with E-state index in [1.165, 1.54) is 11.1 Å². The van der Waals surface area contributed by atoms with Crippen LogP contribution in [0.1, 0.15) is 22.7 Å². The van der Waals surface area contributed by atoms with E-state index < -0.39 is 0 Å². The average molecular weight is 373 g/mol. The highest BCUT2D eigenvalue weighted by Gasteiger charge is 2.15. The predicted molar refractivity (Wildman–Crippen MR) is 90.8 cm³/mol. The van der Waals surface area contributed by atoms with Gasteiger partial charge in [0, 0.05) is 10.5 Å². The molecule has 2 rings (SSSR count). The summed E-state index contributed by atoms with van der Waals surface area (Å²) in [6.45, 7) is 2.12. The SMILES string of the molecule is CNC(Cc1cccc(Cl)c1Cl)c1ccc(Br)cc1C. The first-order valence-corrected chi connectivity index (χ1v) is 7.94. The molecule has 0 aliphatic carbocycles. The maximum absolute atomic E-state index is 6.28. The van der Waals surface area contributed by atoms with Gasteiger partial charge in [-0.25, -0.2) is 0 Å². The Kier molecular flexibility index (Phi) is 5.50. The molecule has 0 saturated carbocycles. The summed E-state index contributed by atoms with van der Waals surface area (Å²) in [7, 11) is 1.96. The standard InChI is InChI=1S/C16H16BrCl2N/c1-10-8-12(17)6-7-13(10)15(20-2)9-11-4-3-5-14(18)16(11)19/h3-8,15,20H,9H2,1-2H3. The van der Waals surface area contributed by atoms with E-state index >= 15 is 0 Å². The predicted octanol–water partition coefficient (Wildman–Crippen LogP) is 5.57. The highest BCUT2D eigenvalue weighted by Crippen LogP contribution is 2.30. The van der Waals surface area contributed by atoms with Crippen LogP contribution in [0.15, 0.2) is 40.9 Å². The molecule has 2 aromatic carbocycles. The summed E-state index contributed by atoms with van der Waals surface area (Å²) in [5, 5.41) is 4.60. The molecule has 1 nitrogen and oxygen atoms in total. The zero-order valence-electron chi connectivity index (χ0n) is 11.4. The van der Waals surface area contributed by atoms with E-state index in [0.717, 1.165) is 16.5 Å². The molecule has 0 aliphatic rings. The van der Waals surface area contributed by atoms with Crippen molar-refractivity contribution < 1.29 is 0 Å². The Morgan fingerprint density at radius 3 is 2.60 bits per heavy atom. The van der Waals surface area contributed by atoms with Crippen LogP contribution in [0.4, 0.5) is 0 Å². The third kappa shape index (κ3) is 3.56. The number of aryl methyl sites for hydroxylation is 1. The van der Waals surface area contributed by atoms with Crippen molar-refractivity contribution in [1.82, 2.24) is 5.32 Å². The molecule has 0 radical (unpaired) electrons. The van der Waals surface area contributed by atoms with Crippen LogP contribution in [0.25, 0.3) is 0 Å². The minimum absolute atomic E-state index is 0.207. The van der Waals surface area contributed by atoms with E-state index in [4.69, 9.17) is 23.2 Å². The van der Waals surface area contributed by atoms with E-state index in [0.29, 0.717) is 10.0 Å². The van der Waals surface area contributed by atoms with Gasteiger partial charge in [-0.2, -0.15) is 0 Å². The molecule has 0 aliphatic heterocycles. The fourth-order valence-corrected chi connectivity index (χ4v) is 3.20. The summed E-state index contributed by atoms with van der Waals surface area (Å²) in [4.78, 5) is 0. The molecule has 2 aromatic rings. The Morgan fingerprint density at radius 2 is 1.95 bits per heavy atom. The third-order valence-electron chi connectivity index (χ3n) is 3.41. The van der Waals surface area contributed by atoms with Crippen molar-refractivity contribution in [1.29, 1.82) is 0 Å². The van der Waals surface area contributed by atoms with Crippen LogP contribution in [-0.2, 0) is 6.42 Å². The van der Waals surface area contributed by atoms with Gasteiger partial charge in [-0.3, -0.25) is 0 Å². The molecule has 0 fully saturated rings. The van der Waals surface area contributed by atoms with Gasteiger partial charge in [0.1, 0.15) is 0 Å². The lowest BCUT2D eigenvalue weighted by atomic mass is 9.95. The number of nitrogens with one attached hydrogen (secondary N) is 1. The van der Waals surface area contributed by atoms with Crippen LogP contribution in [0.3, 0.4) is 0 Å². The van der Waals surface area contributed by atoms with Gasteiger partial charge in [0.05, 0.1) is 10.0 Å². The van der Waals surface area contributed by atoms with Gasteiger partial charge in [-0.15, -0.1) is 0 Å². The average Bonchev–Trinajstić information content (AvgIpc) is 2.41. The Hall–Kier alpha value is -0.540. The third-order valence-corrected chi connectivity index (χ3v) is 4.76. The lowest BCUT2D eigenvalue weighted by Gasteiger charge is -2.20. The minimum Gasteiger partial charge on any atom is -0.313 e. The maximum atomic E-state index is 6.28. The van der Waals surface area contributed by atoms with Crippen molar-refractivity contribution in [3.05, 3.63) is 67.6 Å². The van der Waals surface area contributed by atoms with Gasteiger partial charge in [-0.05, 0) is 55.3 Å². The van der Waals surface area contributed by atoms with Crippen molar-refractivity contribution in [2.24, 2.45) is 0 Å². The second-order valence-electron chi connectivity index (χ2n) is 4.76. The molecule has 0 spiro atoms. The highest BCUT2D eigenvalue weighted by atomic mass is 79.9. The first-order valence-electron chi connectivity index (χ1n) is 6.39. The first-order chi connectivity index (χ1) is 9.52. The molecule has 1 N–H and O–H groups in total. The fourth-order valence-electron chi connectivity index (χ4n) is 2.32. The zero-order chi connectivity index (χ0) is 14.7. The van der Waals surface area contributed by atoms with E-state index in [2.05, 4.69) is 46.4 Å². The number of benzene rings is 2. The quantitative estimate of drug-likeness (QED) is 0.739. The fraction of sp³-hybridized carbons (Fsp3) is 0.250. The second kappa shape index (κ2) is 6.95. The van der Waals surface area contributed by atoms with Crippen LogP contribution in [0, 0.1) is 6.92 Å². The molecule has 1 unspecified atom stereocenters. The number of likely N-dealkylation sites (N-methyl/N-ethyl adjacent to an activating group) is 1. The molecule has 20 heavy (non-hydrogen) atoms. The summed E-state index contributed by atoms with van der Waals surface area (Å²) < 4.78 is 1.09. The van der Waals surface area contributed by atoms with E-state index in [9.17, 15) is 0 Å². The number of hydrogen-bond acceptors (Lipinski definition) is 1. The molecule has 1 atom stereocenters. The Balaban J connectivity index is 2.31. The highest BCUT2D eigenvalue weighted by molar-refractivity contribution is 9.10. The van der Waals surface area contributed by atoms with Gasteiger partial charge in [-0.1, -0.05) is 57.3 Å². The van der Waals surface area contributed by atoms with Gasteiger partial charge >= 0.3 is 0 Å². The number of rotatable bonds is 4. The van der Waals surface area contributed by atoms with Crippen LogP contribution in [-0.4, -0.2) is 7.05 Å². The monoisotopic (exact) mass is 371 g/mol. The largest absolute Gasteiger partial charge is 0.313 e. The zero-order valence-corrected chi connectivity index (χ0v) is 14.5. The number of halogens is 3. The summed E-state index contributed by atoms with van der Waals surface area (Å²) in [5.41, 5.74) is 3.57. The molecule has 0 amide bonds.